The number of hydrogen-bond acceptors (Lipinski definition) is 9. The molecule has 3 heterocycles. The van der Waals surface area contributed by atoms with E-state index < -0.39 is 36.7 Å². The van der Waals surface area contributed by atoms with Crippen LogP contribution >= 0.6 is 0 Å². The maximum Gasteiger partial charge on any atom is 0.245 e. The number of fused-ring (bicyclic) bond motifs is 1. The molecule has 4 atom stereocenters. The normalized spacial score (nSPS) is 24.4. The number of nitrogens with one attached hydrogen (secondary N) is 2. The Morgan fingerprint density at radius 2 is 2.07 bits per heavy atom. The maximum absolute atomic E-state index is 12.8. The second-order valence-corrected chi connectivity index (χ2v) is 8.09. The van der Waals surface area contributed by atoms with Gasteiger partial charge in [0, 0.05) is 12.2 Å². The van der Waals surface area contributed by atoms with Crippen molar-refractivity contribution in [2.24, 2.45) is 0 Å². The Morgan fingerprint density at radius 3 is 2.63 bits per heavy atom. The van der Waals surface area contributed by atoms with Gasteiger partial charge in [0.2, 0.25) is 5.91 Å². The number of carbonyl (C=O) groups excluding carboxylic acids is 1. The Bertz CT molecular complexity index is 982. The first-order chi connectivity index (χ1) is 14.1. The molecule has 2 aromatic rings. The number of aliphatic hydroxyl groups excluding tert-OH is 3. The van der Waals surface area contributed by atoms with Crippen LogP contribution in [0.2, 0.25) is 0 Å². The van der Waals surface area contributed by atoms with Gasteiger partial charge in [-0.3, -0.25) is 4.79 Å². The van der Waals surface area contributed by atoms with Gasteiger partial charge in [-0.25, -0.2) is 9.97 Å². The molecule has 30 heavy (non-hydrogen) atoms. The highest BCUT2D eigenvalue weighted by Gasteiger charge is 2.44. The van der Waals surface area contributed by atoms with E-state index in [0.717, 1.165) is 0 Å². The fraction of sp³-hybridized carbons (Fsp3) is 0.579. The molecule has 0 radical (unpaired) electrons. The van der Waals surface area contributed by atoms with Crippen LogP contribution in [0.3, 0.4) is 0 Å². The highest BCUT2D eigenvalue weighted by atomic mass is 16.6. The second-order valence-electron chi connectivity index (χ2n) is 8.09. The standard InChI is InChI=1S/C19H26N6O5/c1-9(2)24-19(3,4)18(29)23-15-12-10(5-20)6-25(16(12)22-8-21-15)17-14(28)13(27)11(7-26)30-17/h6,8-9,11,13-14,17,24,26-28H,7H2,1-4H3,(H,21,22,23,29)/t11-,13?,14?,17-/m1/s1. The summed E-state index contributed by atoms with van der Waals surface area (Å²) in [6.07, 6.45) is -2.05. The Balaban J connectivity index is 2.02. The van der Waals surface area contributed by atoms with E-state index in [4.69, 9.17) is 4.74 Å². The Labute approximate surface area is 173 Å². The van der Waals surface area contributed by atoms with E-state index in [2.05, 4.69) is 20.6 Å². The van der Waals surface area contributed by atoms with Crippen LogP contribution in [0.25, 0.3) is 11.0 Å². The van der Waals surface area contributed by atoms with Crippen LogP contribution in [0.4, 0.5) is 5.82 Å². The van der Waals surface area contributed by atoms with Gasteiger partial charge in [0.1, 0.15) is 42.2 Å². The fourth-order valence-electron chi connectivity index (χ4n) is 3.62. The molecule has 1 fully saturated rings. The number of aromatic nitrogens is 3. The number of carbonyl (C=O) groups is 1. The molecule has 11 nitrogen and oxygen atoms in total. The predicted molar refractivity (Wildman–Crippen MR) is 106 cm³/mol. The van der Waals surface area contributed by atoms with E-state index in [1.165, 1.54) is 17.1 Å². The number of nitrogens with zero attached hydrogens (tertiary/aromatic N) is 4. The van der Waals surface area contributed by atoms with Crippen LogP contribution in [0.5, 0.6) is 0 Å². The molecular formula is C19H26N6O5. The summed E-state index contributed by atoms with van der Waals surface area (Å²) < 4.78 is 6.95. The van der Waals surface area contributed by atoms with Crippen molar-refractivity contribution in [3.63, 3.8) is 0 Å². The van der Waals surface area contributed by atoms with E-state index in [-0.39, 0.29) is 34.4 Å². The number of aliphatic hydroxyl groups is 3. The van der Waals surface area contributed by atoms with Gasteiger partial charge in [-0.15, -0.1) is 0 Å². The molecule has 5 N–H and O–H groups in total. The summed E-state index contributed by atoms with van der Waals surface area (Å²) in [6, 6.07) is 2.10. The smallest absolute Gasteiger partial charge is 0.245 e. The van der Waals surface area contributed by atoms with Crippen molar-refractivity contribution >= 4 is 22.8 Å². The van der Waals surface area contributed by atoms with Gasteiger partial charge in [-0.2, -0.15) is 5.26 Å². The van der Waals surface area contributed by atoms with E-state index in [1.54, 1.807) is 13.8 Å². The molecule has 0 saturated carbocycles. The van der Waals surface area contributed by atoms with Crippen LogP contribution < -0.4 is 10.6 Å². The number of anilines is 1. The van der Waals surface area contributed by atoms with Gasteiger partial charge >= 0.3 is 0 Å². The van der Waals surface area contributed by atoms with Crippen molar-refractivity contribution in [2.45, 2.75) is 63.8 Å². The van der Waals surface area contributed by atoms with Crippen LogP contribution in [0.15, 0.2) is 12.5 Å². The lowest BCUT2D eigenvalue weighted by molar-refractivity contribution is -0.121. The van der Waals surface area contributed by atoms with E-state index >= 15 is 0 Å². The zero-order valence-corrected chi connectivity index (χ0v) is 17.2. The molecule has 2 unspecified atom stereocenters. The van der Waals surface area contributed by atoms with Crippen LogP contribution in [-0.4, -0.2) is 72.3 Å². The third-order valence-electron chi connectivity index (χ3n) is 4.97. The average Bonchev–Trinajstić information content (AvgIpc) is 3.19. The van der Waals surface area contributed by atoms with E-state index in [0.29, 0.717) is 0 Å². The van der Waals surface area contributed by atoms with Gasteiger partial charge in [-0.1, -0.05) is 0 Å². The number of rotatable bonds is 6. The first-order valence-electron chi connectivity index (χ1n) is 9.58. The zero-order valence-electron chi connectivity index (χ0n) is 17.2. The summed E-state index contributed by atoms with van der Waals surface area (Å²) in [5.74, 6) is -0.202. The lowest BCUT2D eigenvalue weighted by Gasteiger charge is -2.27. The third-order valence-corrected chi connectivity index (χ3v) is 4.97. The number of amides is 1. The molecular weight excluding hydrogens is 392 g/mol. The lowest BCUT2D eigenvalue weighted by Crippen LogP contribution is -2.52. The van der Waals surface area contributed by atoms with Gasteiger partial charge in [0.15, 0.2) is 6.23 Å². The summed E-state index contributed by atoms with van der Waals surface area (Å²) in [5.41, 5.74) is -0.501. The van der Waals surface area contributed by atoms with Crippen molar-refractivity contribution in [2.75, 3.05) is 11.9 Å². The molecule has 162 valence electrons. The van der Waals surface area contributed by atoms with Crippen molar-refractivity contribution in [3.8, 4) is 6.07 Å². The molecule has 1 aliphatic heterocycles. The molecule has 0 aromatic carbocycles. The monoisotopic (exact) mass is 418 g/mol. The quantitative estimate of drug-likeness (QED) is 0.421. The molecule has 2 aromatic heterocycles. The summed E-state index contributed by atoms with van der Waals surface area (Å²) in [6.45, 7) is 6.83. The SMILES string of the molecule is CC(C)NC(C)(C)C(=O)Nc1ncnc2c1c(C#N)cn2[C@@H]1O[C@H](CO)C(O)C1O. The Hall–Kier alpha value is -2.62. The summed E-state index contributed by atoms with van der Waals surface area (Å²) in [7, 11) is 0. The minimum Gasteiger partial charge on any atom is -0.394 e. The Kier molecular flexibility index (Phi) is 6.07. The van der Waals surface area contributed by atoms with Crippen LogP contribution in [0.1, 0.15) is 39.5 Å². The highest BCUT2D eigenvalue weighted by molar-refractivity contribution is 6.04. The van der Waals surface area contributed by atoms with Crippen LogP contribution in [0, 0.1) is 11.3 Å². The summed E-state index contributed by atoms with van der Waals surface area (Å²) in [4.78, 5) is 21.1. The van der Waals surface area contributed by atoms with Crippen molar-refractivity contribution < 1.29 is 24.9 Å². The lowest BCUT2D eigenvalue weighted by atomic mass is 10.0. The maximum atomic E-state index is 12.8. The van der Waals surface area contributed by atoms with Gasteiger partial charge < -0.3 is 35.3 Å². The Morgan fingerprint density at radius 1 is 1.37 bits per heavy atom. The van der Waals surface area contributed by atoms with Crippen LogP contribution in [-0.2, 0) is 9.53 Å². The summed E-state index contributed by atoms with van der Waals surface area (Å²) in [5, 5.41) is 45.5. The number of nitriles is 1. The minimum absolute atomic E-state index is 0.0684. The third kappa shape index (κ3) is 3.88. The zero-order chi connectivity index (χ0) is 22.2. The summed E-state index contributed by atoms with van der Waals surface area (Å²) >= 11 is 0. The molecule has 1 amide bonds. The molecule has 1 saturated heterocycles. The largest absolute Gasteiger partial charge is 0.394 e. The van der Waals surface area contributed by atoms with Crippen molar-refractivity contribution in [1.82, 2.24) is 19.9 Å². The second kappa shape index (κ2) is 8.25. The molecule has 3 rings (SSSR count). The van der Waals surface area contributed by atoms with Crippen molar-refractivity contribution in [1.29, 1.82) is 5.26 Å². The van der Waals surface area contributed by atoms with E-state index in [1.807, 2.05) is 19.9 Å². The predicted octanol–water partition coefficient (Wildman–Crippen LogP) is -0.370. The van der Waals surface area contributed by atoms with Crippen molar-refractivity contribution in [3.05, 3.63) is 18.1 Å². The number of hydrogen-bond donors (Lipinski definition) is 5. The topological polar surface area (TPSA) is 166 Å². The van der Waals surface area contributed by atoms with Gasteiger partial charge in [0.05, 0.1) is 23.1 Å². The molecule has 11 heteroatoms. The first-order valence-corrected chi connectivity index (χ1v) is 9.58. The minimum atomic E-state index is -1.34. The molecule has 0 spiro atoms. The van der Waals surface area contributed by atoms with Gasteiger partial charge in [-0.05, 0) is 27.7 Å². The van der Waals surface area contributed by atoms with Gasteiger partial charge in [0.25, 0.3) is 0 Å². The fourth-order valence-corrected chi connectivity index (χ4v) is 3.62. The van der Waals surface area contributed by atoms with E-state index in [9.17, 15) is 25.4 Å². The average molecular weight is 418 g/mol. The number of ether oxygens (including phenoxy) is 1. The molecule has 0 aliphatic carbocycles. The first kappa shape index (κ1) is 22.1. The highest BCUT2D eigenvalue weighted by Crippen LogP contribution is 2.35. The molecule has 1 aliphatic rings. The molecule has 0 bridgehead atoms.